The molecule has 1 aliphatic rings. The van der Waals surface area contributed by atoms with Gasteiger partial charge in [-0.25, -0.2) is 9.97 Å². The zero-order valence-corrected chi connectivity index (χ0v) is 10.3. The normalized spacial score (nSPS) is 15.1. The highest BCUT2D eigenvalue weighted by Gasteiger charge is 2.13. The standard InChI is InChI=1S/C13H21N3O/c17-9-5-4-8-14-13-11-6-2-1-3-7-12(11)15-10-16-13/h10,17H,1-9H2,(H,14,15,16). The molecule has 0 saturated carbocycles. The average molecular weight is 235 g/mol. The van der Waals surface area contributed by atoms with Crippen LogP contribution in [0.25, 0.3) is 0 Å². The Morgan fingerprint density at radius 2 is 2.00 bits per heavy atom. The third-order valence-electron chi connectivity index (χ3n) is 3.25. The van der Waals surface area contributed by atoms with Crippen LogP contribution in [0.2, 0.25) is 0 Å². The molecule has 1 aliphatic carbocycles. The first-order valence-electron chi connectivity index (χ1n) is 6.59. The summed E-state index contributed by atoms with van der Waals surface area (Å²) >= 11 is 0. The second kappa shape index (κ2) is 6.55. The molecule has 0 spiro atoms. The SMILES string of the molecule is OCCCCNc1ncnc2c1CCCCC2. The van der Waals surface area contributed by atoms with Gasteiger partial charge in [-0.2, -0.15) is 0 Å². The molecule has 0 aliphatic heterocycles. The van der Waals surface area contributed by atoms with Gasteiger partial charge in [-0.15, -0.1) is 0 Å². The summed E-state index contributed by atoms with van der Waals surface area (Å²) in [4.78, 5) is 8.74. The minimum atomic E-state index is 0.267. The third kappa shape index (κ3) is 3.40. The number of aromatic nitrogens is 2. The van der Waals surface area contributed by atoms with Crippen molar-refractivity contribution in [2.45, 2.75) is 44.9 Å². The Labute approximate surface area is 102 Å². The van der Waals surface area contributed by atoms with Gasteiger partial charge in [0.25, 0.3) is 0 Å². The second-order valence-electron chi connectivity index (χ2n) is 4.57. The molecule has 1 heterocycles. The molecule has 1 aromatic rings. The van der Waals surface area contributed by atoms with Crippen molar-refractivity contribution in [3.63, 3.8) is 0 Å². The van der Waals surface area contributed by atoms with Crippen molar-refractivity contribution in [3.05, 3.63) is 17.6 Å². The van der Waals surface area contributed by atoms with Gasteiger partial charge in [0.15, 0.2) is 0 Å². The van der Waals surface area contributed by atoms with E-state index < -0.39 is 0 Å². The lowest BCUT2D eigenvalue weighted by Gasteiger charge is -2.11. The van der Waals surface area contributed by atoms with Gasteiger partial charge in [-0.1, -0.05) is 6.42 Å². The monoisotopic (exact) mass is 235 g/mol. The van der Waals surface area contributed by atoms with Gasteiger partial charge in [0.2, 0.25) is 0 Å². The molecule has 0 aromatic carbocycles. The van der Waals surface area contributed by atoms with E-state index in [0.717, 1.165) is 38.0 Å². The molecule has 0 fully saturated rings. The van der Waals surface area contributed by atoms with Crippen molar-refractivity contribution in [2.24, 2.45) is 0 Å². The lowest BCUT2D eigenvalue weighted by atomic mass is 10.1. The molecule has 0 amide bonds. The zero-order chi connectivity index (χ0) is 11.9. The number of aliphatic hydroxyl groups excluding tert-OH is 1. The highest BCUT2D eigenvalue weighted by atomic mass is 16.2. The smallest absolute Gasteiger partial charge is 0.132 e. The number of nitrogens with zero attached hydrogens (tertiary/aromatic N) is 2. The van der Waals surface area contributed by atoms with Crippen LogP contribution in [0.4, 0.5) is 5.82 Å². The van der Waals surface area contributed by atoms with E-state index in [2.05, 4.69) is 15.3 Å². The Morgan fingerprint density at radius 3 is 2.88 bits per heavy atom. The van der Waals surface area contributed by atoms with Gasteiger partial charge < -0.3 is 10.4 Å². The lowest BCUT2D eigenvalue weighted by molar-refractivity contribution is 0.286. The fourth-order valence-corrected chi connectivity index (χ4v) is 2.29. The maximum Gasteiger partial charge on any atom is 0.132 e. The Kier molecular flexibility index (Phi) is 4.74. The zero-order valence-electron chi connectivity index (χ0n) is 10.3. The summed E-state index contributed by atoms with van der Waals surface area (Å²) in [5.41, 5.74) is 2.54. The highest BCUT2D eigenvalue weighted by Crippen LogP contribution is 2.23. The van der Waals surface area contributed by atoms with E-state index in [0.29, 0.717) is 0 Å². The van der Waals surface area contributed by atoms with E-state index in [4.69, 9.17) is 5.11 Å². The molecule has 0 unspecified atom stereocenters. The van der Waals surface area contributed by atoms with Gasteiger partial charge in [0.05, 0.1) is 0 Å². The number of nitrogens with one attached hydrogen (secondary N) is 1. The lowest BCUT2D eigenvalue weighted by Crippen LogP contribution is -2.09. The molecule has 2 N–H and O–H groups in total. The van der Waals surface area contributed by atoms with Crippen LogP contribution >= 0.6 is 0 Å². The summed E-state index contributed by atoms with van der Waals surface area (Å²) in [6.45, 7) is 1.15. The molecule has 0 atom stereocenters. The first kappa shape index (κ1) is 12.3. The number of unbranched alkanes of at least 4 members (excludes halogenated alkanes) is 1. The number of rotatable bonds is 5. The summed E-state index contributed by atoms with van der Waals surface area (Å²) in [7, 11) is 0. The third-order valence-corrected chi connectivity index (χ3v) is 3.25. The Bertz CT molecular complexity index is 355. The predicted octanol–water partition coefficient (Wildman–Crippen LogP) is 1.93. The second-order valence-corrected chi connectivity index (χ2v) is 4.57. The van der Waals surface area contributed by atoms with E-state index in [9.17, 15) is 0 Å². The molecule has 0 radical (unpaired) electrons. The number of anilines is 1. The maximum atomic E-state index is 8.74. The molecule has 17 heavy (non-hydrogen) atoms. The van der Waals surface area contributed by atoms with Crippen molar-refractivity contribution in [1.29, 1.82) is 0 Å². The summed E-state index contributed by atoms with van der Waals surface area (Å²) < 4.78 is 0. The van der Waals surface area contributed by atoms with Gasteiger partial charge in [-0.3, -0.25) is 0 Å². The van der Waals surface area contributed by atoms with Crippen molar-refractivity contribution < 1.29 is 5.11 Å². The molecule has 0 bridgehead atoms. The first-order chi connectivity index (χ1) is 8.42. The van der Waals surface area contributed by atoms with Crippen LogP contribution in [0.5, 0.6) is 0 Å². The van der Waals surface area contributed by atoms with Crippen LogP contribution in [0.15, 0.2) is 6.33 Å². The Morgan fingerprint density at radius 1 is 1.12 bits per heavy atom. The van der Waals surface area contributed by atoms with Gasteiger partial charge in [0, 0.05) is 24.4 Å². The quantitative estimate of drug-likeness (QED) is 0.605. The molecule has 94 valence electrons. The minimum Gasteiger partial charge on any atom is -0.396 e. The largest absolute Gasteiger partial charge is 0.396 e. The van der Waals surface area contributed by atoms with E-state index in [-0.39, 0.29) is 6.61 Å². The fourth-order valence-electron chi connectivity index (χ4n) is 2.29. The van der Waals surface area contributed by atoms with Gasteiger partial charge in [-0.05, 0) is 38.5 Å². The van der Waals surface area contributed by atoms with E-state index in [1.54, 1.807) is 6.33 Å². The molecule has 2 rings (SSSR count). The van der Waals surface area contributed by atoms with E-state index in [1.807, 2.05) is 0 Å². The number of hydrogen-bond donors (Lipinski definition) is 2. The van der Waals surface area contributed by atoms with Crippen LogP contribution in [-0.2, 0) is 12.8 Å². The van der Waals surface area contributed by atoms with Crippen LogP contribution in [0.3, 0.4) is 0 Å². The van der Waals surface area contributed by atoms with Crippen molar-refractivity contribution in [1.82, 2.24) is 9.97 Å². The van der Waals surface area contributed by atoms with E-state index >= 15 is 0 Å². The molecular formula is C13H21N3O. The van der Waals surface area contributed by atoms with Gasteiger partial charge >= 0.3 is 0 Å². The van der Waals surface area contributed by atoms with Crippen molar-refractivity contribution in [3.8, 4) is 0 Å². The molecule has 1 aromatic heterocycles. The van der Waals surface area contributed by atoms with Crippen molar-refractivity contribution in [2.75, 3.05) is 18.5 Å². The Hall–Kier alpha value is -1.16. The molecule has 4 nitrogen and oxygen atoms in total. The van der Waals surface area contributed by atoms with E-state index in [1.165, 1.54) is 30.5 Å². The van der Waals surface area contributed by atoms with Gasteiger partial charge in [0.1, 0.15) is 12.1 Å². The van der Waals surface area contributed by atoms with Crippen LogP contribution in [0, 0.1) is 0 Å². The summed E-state index contributed by atoms with van der Waals surface area (Å²) in [6.07, 6.45) is 9.45. The fraction of sp³-hybridized carbons (Fsp3) is 0.692. The summed E-state index contributed by atoms with van der Waals surface area (Å²) in [5, 5.41) is 12.1. The topological polar surface area (TPSA) is 58.0 Å². The van der Waals surface area contributed by atoms with Crippen LogP contribution in [0.1, 0.15) is 43.4 Å². The number of fused-ring (bicyclic) bond motifs is 1. The molecule has 4 heteroatoms. The maximum absolute atomic E-state index is 8.74. The number of hydrogen-bond acceptors (Lipinski definition) is 4. The summed E-state index contributed by atoms with van der Waals surface area (Å²) in [5.74, 6) is 1.01. The van der Waals surface area contributed by atoms with Crippen molar-refractivity contribution >= 4 is 5.82 Å². The predicted molar refractivity (Wildman–Crippen MR) is 68.1 cm³/mol. The first-order valence-corrected chi connectivity index (χ1v) is 6.59. The number of aryl methyl sites for hydroxylation is 1. The summed E-state index contributed by atoms with van der Waals surface area (Å²) in [6, 6.07) is 0. The van der Waals surface area contributed by atoms with Crippen LogP contribution < -0.4 is 5.32 Å². The average Bonchev–Trinajstić information content (AvgIpc) is 2.60. The molecule has 0 saturated heterocycles. The highest BCUT2D eigenvalue weighted by molar-refractivity contribution is 5.46. The molecular weight excluding hydrogens is 214 g/mol. The minimum absolute atomic E-state index is 0.267. The van der Waals surface area contributed by atoms with Crippen LogP contribution in [-0.4, -0.2) is 28.2 Å². The Balaban J connectivity index is 2.01. The number of aliphatic hydroxyl groups is 1.